The molecule has 1 aliphatic carbocycles. The van der Waals surface area contributed by atoms with E-state index in [9.17, 15) is 4.79 Å². The smallest absolute Gasteiger partial charge is 0.227 e. The molecular formula is C14H26N2OS. The Hall–Kier alpha value is -0.220. The largest absolute Gasteiger partial charge is 0.353 e. The molecule has 0 bridgehead atoms. The van der Waals surface area contributed by atoms with Gasteiger partial charge in [0.15, 0.2) is 0 Å². The molecule has 4 heteroatoms. The molecule has 3 atom stereocenters. The van der Waals surface area contributed by atoms with Gasteiger partial charge in [0.05, 0.1) is 5.41 Å². The molecule has 104 valence electrons. The van der Waals surface area contributed by atoms with Crippen molar-refractivity contribution < 1.29 is 4.79 Å². The average molecular weight is 270 g/mol. The molecule has 2 rings (SSSR count). The van der Waals surface area contributed by atoms with Crippen LogP contribution >= 0.6 is 11.8 Å². The van der Waals surface area contributed by atoms with Crippen LogP contribution in [0, 0.1) is 5.41 Å². The van der Waals surface area contributed by atoms with Gasteiger partial charge in [-0.05, 0) is 44.9 Å². The number of hydrogen-bond acceptors (Lipinski definition) is 3. The summed E-state index contributed by atoms with van der Waals surface area (Å²) in [5.41, 5.74) is -0.119. The summed E-state index contributed by atoms with van der Waals surface area (Å²) in [7, 11) is 0. The van der Waals surface area contributed by atoms with E-state index in [1.54, 1.807) is 0 Å². The first-order valence-electron chi connectivity index (χ1n) is 7.24. The highest BCUT2D eigenvalue weighted by molar-refractivity contribution is 7.99. The summed E-state index contributed by atoms with van der Waals surface area (Å²) in [5.74, 6) is 0.307. The maximum atomic E-state index is 12.6. The molecule has 0 aromatic rings. The predicted molar refractivity (Wildman–Crippen MR) is 77.9 cm³/mol. The number of carbonyl (C=O) groups excluding carboxylic acids is 1. The number of nitrogens with one attached hydrogen (secondary N) is 2. The van der Waals surface area contributed by atoms with Crippen LogP contribution in [0.25, 0.3) is 0 Å². The molecule has 2 aliphatic rings. The maximum Gasteiger partial charge on any atom is 0.227 e. The van der Waals surface area contributed by atoms with E-state index in [2.05, 4.69) is 23.8 Å². The summed E-state index contributed by atoms with van der Waals surface area (Å²) >= 11 is 1.94. The molecule has 0 radical (unpaired) electrons. The molecule has 0 spiro atoms. The molecule has 1 amide bonds. The van der Waals surface area contributed by atoms with Crippen LogP contribution in [0.3, 0.4) is 0 Å². The number of hydrogen-bond donors (Lipinski definition) is 2. The molecule has 3 nitrogen and oxygen atoms in total. The number of rotatable bonds is 5. The second-order valence-electron chi connectivity index (χ2n) is 5.80. The zero-order valence-corrected chi connectivity index (χ0v) is 12.4. The van der Waals surface area contributed by atoms with Crippen molar-refractivity contribution in [2.75, 3.05) is 19.3 Å². The molecule has 1 saturated heterocycles. The van der Waals surface area contributed by atoms with Gasteiger partial charge in [0.25, 0.3) is 0 Å². The Balaban J connectivity index is 1.90. The van der Waals surface area contributed by atoms with Gasteiger partial charge in [0.1, 0.15) is 0 Å². The van der Waals surface area contributed by atoms with Crippen LogP contribution in [0.1, 0.15) is 45.4 Å². The van der Waals surface area contributed by atoms with E-state index < -0.39 is 0 Å². The highest BCUT2D eigenvalue weighted by atomic mass is 32.2. The van der Waals surface area contributed by atoms with Crippen LogP contribution in [-0.2, 0) is 4.79 Å². The minimum atomic E-state index is -0.119. The lowest BCUT2D eigenvalue weighted by Gasteiger charge is -2.28. The van der Waals surface area contributed by atoms with Crippen molar-refractivity contribution in [3.05, 3.63) is 0 Å². The Labute approximate surface area is 115 Å². The van der Waals surface area contributed by atoms with Gasteiger partial charge >= 0.3 is 0 Å². The monoisotopic (exact) mass is 270 g/mol. The van der Waals surface area contributed by atoms with E-state index in [-0.39, 0.29) is 5.41 Å². The molecule has 3 unspecified atom stereocenters. The van der Waals surface area contributed by atoms with E-state index in [1.807, 2.05) is 11.8 Å². The van der Waals surface area contributed by atoms with Crippen molar-refractivity contribution in [1.82, 2.24) is 10.6 Å². The maximum absolute atomic E-state index is 12.6. The summed E-state index contributed by atoms with van der Waals surface area (Å²) in [6.07, 6.45) is 8.86. The second kappa shape index (κ2) is 6.29. The SMILES string of the molecule is CCCC1(C(=O)NC2CCC(SC)C2)CCNC1. The van der Waals surface area contributed by atoms with Crippen LogP contribution in [0.5, 0.6) is 0 Å². The third-order valence-electron chi connectivity index (χ3n) is 4.51. The lowest BCUT2D eigenvalue weighted by molar-refractivity contribution is -0.131. The van der Waals surface area contributed by atoms with Crippen molar-refractivity contribution in [2.24, 2.45) is 5.41 Å². The molecule has 1 heterocycles. The summed E-state index contributed by atoms with van der Waals surface area (Å²) in [6, 6.07) is 0.421. The van der Waals surface area contributed by atoms with Crippen molar-refractivity contribution in [3.63, 3.8) is 0 Å². The summed E-state index contributed by atoms with van der Waals surface area (Å²) < 4.78 is 0. The van der Waals surface area contributed by atoms with Gasteiger partial charge < -0.3 is 10.6 Å². The van der Waals surface area contributed by atoms with Crippen LogP contribution in [0.4, 0.5) is 0 Å². The summed E-state index contributed by atoms with van der Waals surface area (Å²) in [5, 5.41) is 7.43. The van der Waals surface area contributed by atoms with E-state index in [0.29, 0.717) is 11.9 Å². The molecule has 2 N–H and O–H groups in total. The number of thioether (sulfide) groups is 1. The quantitative estimate of drug-likeness (QED) is 0.804. The first-order chi connectivity index (χ1) is 8.70. The Bertz CT molecular complexity index is 290. The fourth-order valence-corrected chi connectivity index (χ4v) is 4.16. The molecule has 1 aliphatic heterocycles. The van der Waals surface area contributed by atoms with Crippen LogP contribution in [0.15, 0.2) is 0 Å². The minimum absolute atomic E-state index is 0.119. The van der Waals surface area contributed by atoms with Gasteiger partial charge in [-0.2, -0.15) is 11.8 Å². The first kappa shape index (κ1) is 14.2. The van der Waals surface area contributed by atoms with Gasteiger partial charge in [-0.1, -0.05) is 13.3 Å². The second-order valence-corrected chi connectivity index (χ2v) is 6.94. The van der Waals surface area contributed by atoms with Crippen LogP contribution in [0.2, 0.25) is 0 Å². The molecule has 18 heavy (non-hydrogen) atoms. The number of amides is 1. The van der Waals surface area contributed by atoms with Crippen molar-refractivity contribution in [1.29, 1.82) is 0 Å². The van der Waals surface area contributed by atoms with Gasteiger partial charge in [0.2, 0.25) is 5.91 Å². The Morgan fingerprint density at radius 3 is 2.89 bits per heavy atom. The fourth-order valence-electron chi connectivity index (χ4n) is 3.37. The van der Waals surface area contributed by atoms with Gasteiger partial charge in [-0.25, -0.2) is 0 Å². The van der Waals surface area contributed by atoms with E-state index in [1.165, 1.54) is 6.42 Å². The Morgan fingerprint density at radius 1 is 1.50 bits per heavy atom. The van der Waals surface area contributed by atoms with E-state index in [4.69, 9.17) is 0 Å². The topological polar surface area (TPSA) is 41.1 Å². The lowest BCUT2D eigenvalue weighted by atomic mass is 9.81. The van der Waals surface area contributed by atoms with E-state index in [0.717, 1.165) is 50.4 Å². The van der Waals surface area contributed by atoms with Crippen molar-refractivity contribution >= 4 is 17.7 Å². The predicted octanol–water partition coefficient (Wildman–Crippen LogP) is 2.17. The van der Waals surface area contributed by atoms with Crippen molar-refractivity contribution in [3.8, 4) is 0 Å². The molecule has 1 saturated carbocycles. The zero-order chi connectivity index (χ0) is 13.0. The zero-order valence-electron chi connectivity index (χ0n) is 11.6. The molecule has 0 aromatic carbocycles. The summed E-state index contributed by atoms with van der Waals surface area (Å²) in [6.45, 7) is 4.03. The third kappa shape index (κ3) is 3.02. The minimum Gasteiger partial charge on any atom is -0.353 e. The first-order valence-corrected chi connectivity index (χ1v) is 8.53. The van der Waals surface area contributed by atoms with Gasteiger partial charge in [-0.15, -0.1) is 0 Å². The summed E-state index contributed by atoms with van der Waals surface area (Å²) in [4.78, 5) is 12.6. The van der Waals surface area contributed by atoms with Gasteiger partial charge in [0, 0.05) is 17.8 Å². The van der Waals surface area contributed by atoms with Gasteiger partial charge in [-0.3, -0.25) is 4.79 Å². The fraction of sp³-hybridized carbons (Fsp3) is 0.929. The van der Waals surface area contributed by atoms with E-state index >= 15 is 0 Å². The normalized spacial score (nSPS) is 35.9. The third-order valence-corrected chi connectivity index (χ3v) is 5.60. The van der Waals surface area contributed by atoms with Crippen LogP contribution in [-0.4, -0.2) is 36.5 Å². The Kier molecular flexibility index (Phi) is 4.96. The van der Waals surface area contributed by atoms with Crippen molar-refractivity contribution in [2.45, 2.75) is 56.7 Å². The molecule has 2 fully saturated rings. The lowest BCUT2D eigenvalue weighted by Crippen LogP contribution is -2.46. The molecular weight excluding hydrogens is 244 g/mol. The highest BCUT2D eigenvalue weighted by Gasteiger charge is 2.41. The average Bonchev–Trinajstić information content (AvgIpc) is 2.99. The standard InChI is InChI=1S/C14H26N2OS/c1-3-6-14(7-8-15-10-14)13(17)16-11-4-5-12(9-11)18-2/h11-12,15H,3-10H2,1-2H3,(H,16,17). The highest BCUT2D eigenvalue weighted by Crippen LogP contribution is 2.33. The Morgan fingerprint density at radius 2 is 2.33 bits per heavy atom. The number of carbonyl (C=O) groups is 1. The molecule has 0 aromatic heterocycles. The van der Waals surface area contributed by atoms with Crippen LogP contribution < -0.4 is 10.6 Å².